The van der Waals surface area contributed by atoms with Crippen LogP contribution in [0, 0.1) is 0 Å². The van der Waals surface area contributed by atoms with Gasteiger partial charge in [-0.25, -0.2) is 5.43 Å². The van der Waals surface area contributed by atoms with E-state index in [0.29, 0.717) is 16.1 Å². The molecule has 1 aromatic heterocycles. The highest BCUT2D eigenvalue weighted by atomic mass is 79.9. The van der Waals surface area contributed by atoms with Gasteiger partial charge in [-0.2, -0.15) is 0 Å². The molecule has 7 heteroatoms. The number of carbonyl (C=O) groups excluding carboxylic acids is 1. The molecule has 0 aliphatic carbocycles. The molecule has 5 nitrogen and oxygen atoms in total. The summed E-state index contributed by atoms with van der Waals surface area (Å²) in [5, 5.41) is 6.23. The van der Waals surface area contributed by atoms with E-state index in [-0.39, 0.29) is 17.9 Å². The van der Waals surface area contributed by atoms with Gasteiger partial charge in [0.25, 0.3) is 5.56 Å². The standard InChI is InChI=1S/C22H15BrClN3O2/c23-16-9-7-15(8-10-16)21-18-3-1-2-4-19(18)22(29)27(26-21)25-20(28)13-14-5-11-17(24)12-6-14/h1-12H,13H2,(H,25,28). The minimum atomic E-state index is -0.383. The fourth-order valence-corrected chi connectivity index (χ4v) is 3.42. The van der Waals surface area contributed by atoms with Crippen molar-refractivity contribution in [3.8, 4) is 11.3 Å². The molecule has 0 saturated heterocycles. The summed E-state index contributed by atoms with van der Waals surface area (Å²) in [7, 11) is 0. The SMILES string of the molecule is O=C(Cc1ccc(Cl)cc1)Nn1nc(-c2ccc(Br)cc2)c2ccccc2c1=O. The van der Waals surface area contributed by atoms with Gasteiger partial charge in [0.2, 0.25) is 5.91 Å². The first-order valence-corrected chi connectivity index (χ1v) is 10.0. The Morgan fingerprint density at radius 1 is 0.966 bits per heavy atom. The summed E-state index contributed by atoms with van der Waals surface area (Å²) < 4.78 is 0.940. The van der Waals surface area contributed by atoms with Gasteiger partial charge in [0.05, 0.1) is 11.8 Å². The predicted octanol–water partition coefficient (Wildman–Crippen LogP) is 4.79. The van der Waals surface area contributed by atoms with Gasteiger partial charge in [-0.1, -0.05) is 70.0 Å². The van der Waals surface area contributed by atoms with Crippen LogP contribution in [0.15, 0.2) is 82.1 Å². The molecule has 0 bridgehead atoms. The van der Waals surface area contributed by atoms with Crippen LogP contribution < -0.4 is 11.0 Å². The summed E-state index contributed by atoms with van der Waals surface area (Å²) in [6.45, 7) is 0. The average Bonchev–Trinajstić information content (AvgIpc) is 2.73. The number of rotatable bonds is 4. The number of fused-ring (bicyclic) bond motifs is 1. The van der Waals surface area contributed by atoms with Crippen molar-refractivity contribution in [2.24, 2.45) is 0 Å². The van der Waals surface area contributed by atoms with Crippen LogP contribution in [0.1, 0.15) is 5.56 Å². The number of aromatic nitrogens is 2. The lowest BCUT2D eigenvalue weighted by atomic mass is 10.1. The van der Waals surface area contributed by atoms with E-state index >= 15 is 0 Å². The molecule has 1 heterocycles. The van der Waals surface area contributed by atoms with Crippen LogP contribution >= 0.6 is 27.5 Å². The number of nitrogens with one attached hydrogen (secondary N) is 1. The van der Waals surface area contributed by atoms with Gasteiger partial charge in [-0.05, 0) is 35.9 Å². The fraction of sp³-hybridized carbons (Fsp3) is 0.0455. The summed E-state index contributed by atoms with van der Waals surface area (Å²) in [6.07, 6.45) is 0.103. The maximum Gasteiger partial charge on any atom is 0.294 e. The van der Waals surface area contributed by atoms with Crippen molar-refractivity contribution in [1.82, 2.24) is 9.89 Å². The predicted molar refractivity (Wildman–Crippen MR) is 119 cm³/mol. The molecule has 0 spiro atoms. The Kier molecular flexibility index (Phi) is 5.47. The van der Waals surface area contributed by atoms with Gasteiger partial charge in [0.15, 0.2) is 0 Å². The zero-order valence-electron chi connectivity index (χ0n) is 15.1. The molecule has 1 N–H and O–H groups in total. The average molecular weight is 469 g/mol. The third kappa shape index (κ3) is 4.23. The van der Waals surface area contributed by atoms with Crippen LogP contribution in [0.2, 0.25) is 5.02 Å². The normalized spacial score (nSPS) is 10.8. The number of nitrogens with zero attached hydrogens (tertiary/aromatic N) is 2. The zero-order valence-corrected chi connectivity index (χ0v) is 17.4. The first kappa shape index (κ1) is 19.4. The van der Waals surface area contributed by atoms with E-state index in [9.17, 15) is 9.59 Å². The van der Waals surface area contributed by atoms with E-state index in [0.717, 1.165) is 25.8 Å². The molecule has 4 aromatic rings. The van der Waals surface area contributed by atoms with Crippen molar-refractivity contribution < 1.29 is 4.79 Å². The molecule has 3 aromatic carbocycles. The Bertz CT molecular complexity index is 1250. The van der Waals surface area contributed by atoms with E-state index in [4.69, 9.17) is 11.6 Å². The Labute approximate surface area is 180 Å². The third-order valence-electron chi connectivity index (χ3n) is 4.43. The van der Waals surface area contributed by atoms with E-state index in [1.807, 2.05) is 36.4 Å². The first-order chi connectivity index (χ1) is 14.0. The van der Waals surface area contributed by atoms with Crippen molar-refractivity contribution in [1.29, 1.82) is 0 Å². The zero-order chi connectivity index (χ0) is 20.4. The summed E-state index contributed by atoms with van der Waals surface area (Å²) in [5.41, 5.74) is 4.45. The molecular weight excluding hydrogens is 454 g/mol. The van der Waals surface area contributed by atoms with Crippen LogP contribution in [0.3, 0.4) is 0 Å². The van der Waals surface area contributed by atoms with Crippen LogP contribution in [-0.4, -0.2) is 15.8 Å². The molecule has 0 saturated carbocycles. The second-order valence-electron chi connectivity index (χ2n) is 6.46. The van der Waals surface area contributed by atoms with Crippen molar-refractivity contribution >= 4 is 44.2 Å². The molecule has 0 radical (unpaired) electrons. The minimum Gasteiger partial charge on any atom is -0.273 e. The van der Waals surface area contributed by atoms with Gasteiger partial charge >= 0.3 is 0 Å². The second kappa shape index (κ2) is 8.19. The number of carbonyl (C=O) groups is 1. The molecule has 0 fully saturated rings. The van der Waals surface area contributed by atoms with Crippen molar-refractivity contribution in [2.75, 3.05) is 5.43 Å². The molecule has 0 aliphatic rings. The minimum absolute atomic E-state index is 0.103. The highest BCUT2D eigenvalue weighted by molar-refractivity contribution is 9.10. The number of hydrogen-bond donors (Lipinski definition) is 1. The van der Waals surface area contributed by atoms with Crippen LogP contribution in [-0.2, 0) is 11.2 Å². The van der Waals surface area contributed by atoms with Crippen LogP contribution in [0.5, 0.6) is 0 Å². The van der Waals surface area contributed by atoms with Crippen molar-refractivity contribution in [2.45, 2.75) is 6.42 Å². The molecular formula is C22H15BrClN3O2. The molecule has 0 unspecified atom stereocenters. The van der Waals surface area contributed by atoms with Crippen molar-refractivity contribution in [3.63, 3.8) is 0 Å². The molecule has 0 aliphatic heterocycles. The van der Waals surface area contributed by atoms with E-state index in [1.54, 1.807) is 36.4 Å². The highest BCUT2D eigenvalue weighted by Gasteiger charge is 2.14. The molecule has 29 heavy (non-hydrogen) atoms. The van der Waals surface area contributed by atoms with Gasteiger partial charge in [-0.3, -0.25) is 9.59 Å². The molecule has 4 rings (SSSR count). The third-order valence-corrected chi connectivity index (χ3v) is 5.21. The van der Waals surface area contributed by atoms with Crippen LogP contribution in [0.25, 0.3) is 22.0 Å². The Morgan fingerprint density at radius 2 is 1.62 bits per heavy atom. The van der Waals surface area contributed by atoms with Crippen LogP contribution in [0.4, 0.5) is 0 Å². The largest absolute Gasteiger partial charge is 0.294 e. The Morgan fingerprint density at radius 3 is 2.31 bits per heavy atom. The van der Waals surface area contributed by atoms with Gasteiger partial charge in [0, 0.05) is 20.4 Å². The van der Waals surface area contributed by atoms with E-state index in [2.05, 4.69) is 26.5 Å². The highest BCUT2D eigenvalue weighted by Crippen LogP contribution is 2.25. The fourth-order valence-electron chi connectivity index (χ4n) is 3.03. The Hall–Kier alpha value is -2.96. The van der Waals surface area contributed by atoms with Gasteiger partial charge in [0.1, 0.15) is 5.69 Å². The van der Waals surface area contributed by atoms with Gasteiger partial charge < -0.3 is 0 Å². The molecule has 1 amide bonds. The number of hydrogen-bond acceptors (Lipinski definition) is 3. The lowest BCUT2D eigenvalue weighted by Gasteiger charge is -2.12. The van der Waals surface area contributed by atoms with Crippen molar-refractivity contribution in [3.05, 3.63) is 98.2 Å². The molecule has 144 valence electrons. The molecule has 0 atom stereocenters. The number of amides is 1. The lowest BCUT2D eigenvalue weighted by molar-refractivity contribution is -0.116. The smallest absolute Gasteiger partial charge is 0.273 e. The Balaban J connectivity index is 1.73. The second-order valence-corrected chi connectivity index (χ2v) is 7.81. The maximum atomic E-state index is 12.9. The number of benzene rings is 3. The topological polar surface area (TPSA) is 64.0 Å². The maximum absolute atomic E-state index is 12.9. The summed E-state index contributed by atoms with van der Waals surface area (Å²) in [5.74, 6) is -0.348. The van der Waals surface area contributed by atoms with E-state index < -0.39 is 0 Å². The summed E-state index contributed by atoms with van der Waals surface area (Å²) >= 11 is 9.30. The lowest BCUT2D eigenvalue weighted by Crippen LogP contribution is -2.36. The first-order valence-electron chi connectivity index (χ1n) is 8.83. The van der Waals surface area contributed by atoms with E-state index in [1.165, 1.54) is 0 Å². The van der Waals surface area contributed by atoms with Gasteiger partial charge in [-0.15, -0.1) is 9.89 Å². The quantitative estimate of drug-likeness (QED) is 0.468. The monoisotopic (exact) mass is 467 g/mol. The summed E-state index contributed by atoms with van der Waals surface area (Å²) in [4.78, 5) is 26.4. The summed E-state index contributed by atoms with van der Waals surface area (Å²) in [6, 6.07) is 21.8. The number of halogens is 2.